The SMILES string of the molecule is Cn1nccc1Nc1cccc(-c2cn(C3CCc4c(F)cccc4N(CC(F)(F)F)C3=O)nn2)c1. The van der Waals surface area contributed by atoms with E-state index in [-0.39, 0.29) is 24.1 Å². The Morgan fingerprint density at radius 3 is 2.69 bits per heavy atom. The van der Waals surface area contributed by atoms with Crippen molar-refractivity contribution in [3.8, 4) is 11.3 Å². The van der Waals surface area contributed by atoms with E-state index < -0.39 is 30.5 Å². The first-order valence-electron chi connectivity index (χ1n) is 11.1. The van der Waals surface area contributed by atoms with E-state index >= 15 is 0 Å². The van der Waals surface area contributed by atoms with Crippen LogP contribution in [0.1, 0.15) is 18.0 Å². The summed E-state index contributed by atoms with van der Waals surface area (Å²) in [6.45, 7) is -1.53. The number of hydrogen-bond donors (Lipinski definition) is 1. The van der Waals surface area contributed by atoms with Crippen molar-refractivity contribution < 1.29 is 22.4 Å². The Hall–Kier alpha value is -4.22. The van der Waals surface area contributed by atoms with Crippen molar-refractivity contribution in [1.29, 1.82) is 0 Å². The number of fused-ring (bicyclic) bond motifs is 1. The number of carbonyl (C=O) groups excluding carboxylic acids is 1. The monoisotopic (exact) mass is 499 g/mol. The number of halogens is 4. The molecule has 0 aliphatic carbocycles. The fourth-order valence-corrected chi connectivity index (χ4v) is 4.30. The van der Waals surface area contributed by atoms with Crippen LogP contribution in [0.5, 0.6) is 0 Å². The Balaban J connectivity index is 1.44. The summed E-state index contributed by atoms with van der Waals surface area (Å²) in [6.07, 6.45) is -1.33. The van der Waals surface area contributed by atoms with Gasteiger partial charge in [-0.2, -0.15) is 18.3 Å². The zero-order valence-electron chi connectivity index (χ0n) is 19.1. The molecule has 36 heavy (non-hydrogen) atoms. The molecule has 0 radical (unpaired) electrons. The van der Waals surface area contributed by atoms with Crippen LogP contribution in [-0.2, 0) is 18.3 Å². The Bertz CT molecular complexity index is 1410. The predicted molar refractivity (Wildman–Crippen MR) is 124 cm³/mol. The number of carbonyl (C=O) groups is 1. The molecule has 0 fully saturated rings. The third-order valence-corrected chi connectivity index (χ3v) is 6.02. The highest BCUT2D eigenvalue weighted by atomic mass is 19.4. The molecular formula is C24H21F4N7O. The predicted octanol–water partition coefficient (Wildman–Crippen LogP) is 4.64. The van der Waals surface area contributed by atoms with Crippen LogP contribution in [0.25, 0.3) is 11.3 Å². The average Bonchev–Trinajstić information content (AvgIpc) is 3.45. The van der Waals surface area contributed by atoms with Gasteiger partial charge in [-0.3, -0.25) is 9.48 Å². The van der Waals surface area contributed by atoms with Crippen LogP contribution in [-0.4, -0.2) is 43.4 Å². The number of nitrogens with zero attached hydrogens (tertiary/aromatic N) is 6. The topological polar surface area (TPSA) is 80.9 Å². The third kappa shape index (κ3) is 4.66. The molecule has 0 saturated carbocycles. The van der Waals surface area contributed by atoms with Crippen LogP contribution >= 0.6 is 0 Å². The summed E-state index contributed by atoms with van der Waals surface area (Å²) in [5.41, 5.74) is 1.89. The van der Waals surface area contributed by atoms with Gasteiger partial charge in [0.05, 0.1) is 18.1 Å². The van der Waals surface area contributed by atoms with Crippen molar-refractivity contribution in [3.63, 3.8) is 0 Å². The number of anilines is 3. The maximum Gasteiger partial charge on any atom is 0.406 e. The summed E-state index contributed by atoms with van der Waals surface area (Å²) in [6, 6.07) is 11.9. The molecule has 2 aromatic carbocycles. The van der Waals surface area contributed by atoms with E-state index in [0.717, 1.165) is 11.5 Å². The number of amides is 1. The largest absolute Gasteiger partial charge is 0.406 e. The normalized spacial score (nSPS) is 16.1. The molecule has 8 nitrogen and oxygen atoms in total. The van der Waals surface area contributed by atoms with Gasteiger partial charge in [-0.05, 0) is 37.1 Å². The first-order valence-corrected chi connectivity index (χ1v) is 11.1. The zero-order chi connectivity index (χ0) is 25.4. The van der Waals surface area contributed by atoms with Crippen LogP contribution in [0.15, 0.2) is 60.9 Å². The molecule has 0 bridgehead atoms. The molecule has 1 N–H and O–H groups in total. The van der Waals surface area contributed by atoms with E-state index in [9.17, 15) is 22.4 Å². The fourth-order valence-electron chi connectivity index (χ4n) is 4.30. The van der Waals surface area contributed by atoms with E-state index in [0.29, 0.717) is 16.2 Å². The summed E-state index contributed by atoms with van der Waals surface area (Å²) in [5, 5.41) is 15.5. The molecule has 3 heterocycles. The number of hydrogen-bond acceptors (Lipinski definition) is 5. The average molecular weight is 499 g/mol. The smallest absolute Gasteiger partial charge is 0.340 e. The highest BCUT2D eigenvalue weighted by Gasteiger charge is 2.40. The number of alkyl halides is 3. The van der Waals surface area contributed by atoms with E-state index in [4.69, 9.17) is 0 Å². The molecule has 2 aromatic heterocycles. The Labute approximate surface area is 203 Å². The molecule has 1 atom stereocenters. The zero-order valence-corrected chi connectivity index (χ0v) is 19.1. The second kappa shape index (κ2) is 9.10. The van der Waals surface area contributed by atoms with Crippen molar-refractivity contribution in [3.05, 3.63) is 72.3 Å². The van der Waals surface area contributed by atoms with Gasteiger partial charge in [0.15, 0.2) is 0 Å². The van der Waals surface area contributed by atoms with E-state index in [1.54, 1.807) is 24.0 Å². The number of nitrogens with one attached hydrogen (secondary N) is 1. The van der Waals surface area contributed by atoms with Gasteiger partial charge < -0.3 is 10.2 Å². The molecule has 1 aliphatic heterocycles. The Kier molecular flexibility index (Phi) is 5.94. The standard InChI is InChI=1S/C24H21F4N7O/c1-33-22(10-11-29-33)30-16-5-2-4-15(12-16)19-13-35(32-31-19)21-9-8-17-18(25)6-3-7-20(17)34(23(21)36)14-24(26,27)28/h2-7,10-13,21,30H,8-9,14H2,1H3. The molecule has 1 amide bonds. The maximum absolute atomic E-state index is 14.5. The van der Waals surface area contributed by atoms with Crippen molar-refractivity contribution in [2.75, 3.05) is 16.8 Å². The first kappa shape index (κ1) is 23.5. The summed E-state index contributed by atoms with van der Waals surface area (Å²) < 4.78 is 57.5. The molecule has 186 valence electrons. The van der Waals surface area contributed by atoms with Gasteiger partial charge in [-0.15, -0.1) is 5.10 Å². The lowest BCUT2D eigenvalue weighted by Gasteiger charge is -2.26. The van der Waals surface area contributed by atoms with Crippen LogP contribution < -0.4 is 10.2 Å². The molecule has 5 rings (SSSR count). The molecule has 1 aliphatic rings. The van der Waals surface area contributed by atoms with Crippen molar-refractivity contribution in [2.24, 2.45) is 7.05 Å². The highest BCUT2D eigenvalue weighted by molar-refractivity contribution is 5.97. The van der Waals surface area contributed by atoms with Gasteiger partial charge in [0.2, 0.25) is 0 Å². The summed E-state index contributed by atoms with van der Waals surface area (Å²) >= 11 is 0. The molecule has 4 aromatic rings. The summed E-state index contributed by atoms with van der Waals surface area (Å²) in [5.74, 6) is -0.693. The summed E-state index contributed by atoms with van der Waals surface area (Å²) in [7, 11) is 1.80. The minimum absolute atomic E-state index is 0.0749. The first-order chi connectivity index (χ1) is 17.2. The number of aryl methyl sites for hydroxylation is 1. The molecule has 0 saturated heterocycles. The fraction of sp³-hybridized carbons (Fsp3) is 0.250. The van der Waals surface area contributed by atoms with Crippen LogP contribution in [0.2, 0.25) is 0 Å². The quantitative estimate of drug-likeness (QED) is 0.405. The van der Waals surface area contributed by atoms with E-state index in [2.05, 4.69) is 20.7 Å². The van der Waals surface area contributed by atoms with Crippen LogP contribution in [0.4, 0.5) is 34.8 Å². The van der Waals surface area contributed by atoms with Gasteiger partial charge in [0.25, 0.3) is 5.91 Å². The Morgan fingerprint density at radius 1 is 1.14 bits per heavy atom. The second-order valence-corrected chi connectivity index (χ2v) is 8.46. The van der Waals surface area contributed by atoms with Gasteiger partial charge in [-0.25, -0.2) is 9.07 Å². The van der Waals surface area contributed by atoms with E-state index in [1.165, 1.54) is 29.1 Å². The number of rotatable bonds is 5. The summed E-state index contributed by atoms with van der Waals surface area (Å²) in [4.78, 5) is 13.9. The number of aromatic nitrogens is 5. The van der Waals surface area contributed by atoms with Gasteiger partial charge in [0.1, 0.15) is 29.9 Å². The molecular weight excluding hydrogens is 478 g/mol. The van der Waals surface area contributed by atoms with Gasteiger partial charge in [-0.1, -0.05) is 23.4 Å². The third-order valence-electron chi connectivity index (χ3n) is 6.02. The minimum atomic E-state index is -4.66. The molecule has 12 heteroatoms. The maximum atomic E-state index is 14.5. The lowest BCUT2D eigenvalue weighted by Crippen LogP contribution is -2.42. The lowest BCUT2D eigenvalue weighted by atomic mass is 10.1. The molecule has 0 spiro atoms. The lowest BCUT2D eigenvalue weighted by molar-refractivity contribution is -0.134. The van der Waals surface area contributed by atoms with Gasteiger partial charge in [0, 0.05) is 29.9 Å². The van der Waals surface area contributed by atoms with Crippen LogP contribution in [0.3, 0.4) is 0 Å². The van der Waals surface area contributed by atoms with Gasteiger partial charge >= 0.3 is 6.18 Å². The van der Waals surface area contributed by atoms with Crippen LogP contribution in [0, 0.1) is 5.82 Å². The number of benzene rings is 2. The minimum Gasteiger partial charge on any atom is -0.340 e. The molecule has 1 unspecified atom stereocenters. The van der Waals surface area contributed by atoms with Crippen molar-refractivity contribution >= 4 is 23.1 Å². The van der Waals surface area contributed by atoms with Crippen molar-refractivity contribution in [1.82, 2.24) is 24.8 Å². The van der Waals surface area contributed by atoms with E-state index in [1.807, 2.05) is 24.3 Å². The second-order valence-electron chi connectivity index (χ2n) is 8.46. The highest BCUT2D eigenvalue weighted by Crippen LogP contribution is 2.35. The Morgan fingerprint density at radius 2 is 1.94 bits per heavy atom. The van der Waals surface area contributed by atoms with Crippen molar-refractivity contribution in [2.45, 2.75) is 25.1 Å².